The summed E-state index contributed by atoms with van der Waals surface area (Å²) in [6.07, 6.45) is 5.60. The van der Waals surface area contributed by atoms with Gasteiger partial charge in [0.15, 0.2) is 0 Å². The first-order valence-electron chi connectivity index (χ1n) is 8.06. The van der Waals surface area contributed by atoms with Crippen molar-refractivity contribution in [3.63, 3.8) is 0 Å². The van der Waals surface area contributed by atoms with Crippen molar-refractivity contribution in [1.82, 2.24) is 0 Å². The molecule has 0 fully saturated rings. The molecule has 0 amide bonds. The lowest BCUT2D eigenvalue weighted by Crippen LogP contribution is -2.15. The van der Waals surface area contributed by atoms with Gasteiger partial charge in [-0.25, -0.2) is 4.39 Å². The monoisotopic (exact) mass is 330 g/mol. The summed E-state index contributed by atoms with van der Waals surface area (Å²) in [5.41, 5.74) is 0.963. The molecule has 5 heteroatoms. The predicted molar refractivity (Wildman–Crippen MR) is 87.2 cm³/mol. The van der Waals surface area contributed by atoms with E-state index in [1.165, 1.54) is 31.4 Å². The van der Waals surface area contributed by atoms with Gasteiger partial charge in [-0.15, -0.1) is 0 Å². The van der Waals surface area contributed by atoms with Crippen LogP contribution in [0.3, 0.4) is 0 Å². The Kier molecular flexibility index (Phi) is 8.64. The van der Waals surface area contributed by atoms with Gasteiger partial charge in [0.05, 0.1) is 11.5 Å². The number of unbranched alkanes of at least 4 members (excludes halogenated alkanes) is 5. The molecule has 3 nitrogen and oxygen atoms in total. The number of hydrogen-bond donors (Lipinski definition) is 0. The zero-order valence-corrected chi connectivity index (χ0v) is 14.4. The Morgan fingerprint density at radius 3 is 2.27 bits per heavy atom. The van der Waals surface area contributed by atoms with Crippen LogP contribution in [0.1, 0.15) is 57.4 Å². The second-order valence-corrected chi connectivity index (χ2v) is 7.32. The van der Waals surface area contributed by atoms with Gasteiger partial charge in [0.25, 0.3) is 10.1 Å². The van der Waals surface area contributed by atoms with Gasteiger partial charge >= 0.3 is 0 Å². The summed E-state index contributed by atoms with van der Waals surface area (Å²) in [6.45, 7) is 3.63. The highest BCUT2D eigenvalue weighted by Crippen LogP contribution is 2.16. The maximum absolute atomic E-state index is 13.7. The predicted octanol–water partition coefficient (Wildman–Crippen LogP) is 4.79. The summed E-state index contributed by atoms with van der Waals surface area (Å²) in [4.78, 5) is 0.0739. The highest BCUT2D eigenvalue weighted by atomic mass is 32.2. The molecule has 0 bridgehead atoms. The molecular weight excluding hydrogens is 303 g/mol. The largest absolute Gasteiger partial charge is 0.297 e. The SMILES string of the molecule is CCCCCCCC[C@H](F)COS(=O)(=O)c1ccc(C)cc1. The summed E-state index contributed by atoms with van der Waals surface area (Å²) in [7, 11) is -3.85. The van der Waals surface area contributed by atoms with Crippen molar-refractivity contribution < 1.29 is 17.0 Å². The molecule has 0 saturated heterocycles. The minimum Gasteiger partial charge on any atom is -0.263 e. The summed E-state index contributed by atoms with van der Waals surface area (Å²) >= 11 is 0. The number of rotatable bonds is 11. The Balaban J connectivity index is 2.28. The van der Waals surface area contributed by atoms with Crippen LogP contribution in [-0.2, 0) is 14.3 Å². The van der Waals surface area contributed by atoms with E-state index in [4.69, 9.17) is 4.18 Å². The van der Waals surface area contributed by atoms with Gasteiger partial charge in [-0.1, -0.05) is 63.1 Å². The average Bonchev–Trinajstić information content (AvgIpc) is 2.49. The molecule has 0 aliphatic carbocycles. The van der Waals surface area contributed by atoms with Crippen LogP contribution in [0.4, 0.5) is 4.39 Å². The Hall–Kier alpha value is -0.940. The highest BCUT2D eigenvalue weighted by molar-refractivity contribution is 7.86. The molecule has 0 spiro atoms. The molecule has 0 aromatic heterocycles. The molecule has 0 radical (unpaired) electrons. The first-order valence-corrected chi connectivity index (χ1v) is 9.46. The van der Waals surface area contributed by atoms with E-state index in [2.05, 4.69) is 6.92 Å². The quantitative estimate of drug-likeness (QED) is 0.433. The minimum absolute atomic E-state index is 0.0739. The number of benzene rings is 1. The third-order valence-corrected chi connectivity index (χ3v) is 4.88. The highest BCUT2D eigenvalue weighted by Gasteiger charge is 2.17. The molecular formula is C17H27FO3S. The van der Waals surface area contributed by atoms with Gasteiger partial charge in [-0.05, 0) is 25.5 Å². The van der Waals surface area contributed by atoms with Gasteiger partial charge < -0.3 is 0 Å². The summed E-state index contributed by atoms with van der Waals surface area (Å²) in [6, 6.07) is 6.34. The van der Waals surface area contributed by atoms with Crippen molar-refractivity contribution in [2.24, 2.45) is 0 Å². The molecule has 0 saturated carbocycles. The third-order valence-electron chi connectivity index (χ3n) is 3.58. The van der Waals surface area contributed by atoms with E-state index in [0.29, 0.717) is 6.42 Å². The van der Waals surface area contributed by atoms with Crippen molar-refractivity contribution in [3.8, 4) is 0 Å². The standard InChI is InChI=1S/C17H27FO3S/c1-3-4-5-6-7-8-9-16(18)14-21-22(19,20)17-12-10-15(2)11-13-17/h10-13,16H,3-9,14H2,1-2H3/t16-/m0/s1. The molecule has 1 rings (SSSR count). The van der Waals surface area contributed by atoms with E-state index in [1.807, 2.05) is 6.92 Å². The Labute approximate surface area is 134 Å². The van der Waals surface area contributed by atoms with Gasteiger partial charge in [0.1, 0.15) is 6.17 Å². The molecule has 1 aromatic rings. The lowest BCUT2D eigenvalue weighted by atomic mass is 10.1. The van der Waals surface area contributed by atoms with Crippen LogP contribution >= 0.6 is 0 Å². The molecule has 0 aliphatic rings. The van der Waals surface area contributed by atoms with E-state index in [-0.39, 0.29) is 4.90 Å². The molecule has 0 unspecified atom stereocenters. The first-order chi connectivity index (χ1) is 10.5. The summed E-state index contributed by atoms with van der Waals surface area (Å²) in [5.74, 6) is 0. The van der Waals surface area contributed by atoms with Crippen molar-refractivity contribution in [2.45, 2.75) is 69.9 Å². The second-order valence-electron chi connectivity index (χ2n) is 5.71. The van der Waals surface area contributed by atoms with Crippen molar-refractivity contribution in [3.05, 3.63) is 29.8 Å². The van der Waals surface area contributed by atoms with Crippen LogP contribution in [0, 0.1) is 6.92 Å². The van der Waals surface area contributed by atoms with Gasteiger partial charge in [0.2, 0.25) is 0 Å². The average molecular weight is 330 g/mol. The van der Waals surface area contributed by atoms with Crippen molar-refractivity contribution in [1.29, 1.82) is 0 Å². The maximum atomic E-state index is 13.7. The molecule has 1 aromatic carbocycles. The molecule has 0 aliphatic heterocycles. The topological polar surface area (TPSA) is 43.4 Å². The van der Waals surface area contributed by atoms with Gasteiger partial charge in [-0.3, -0.25) is 4.18 Å². The van der Waals surface area contributed by atoms with E-state index in [0.717, 1.165) is 24.8 Å². The maximum Gasteiger partial charge on any atom is 0.297 e. The number of hydrogen-bond acceptors (Lipinski definition) is 3. The van der Waals surface area contributed by atoms with Crippen LogP contribution in [0.5, 0.6) is 0 Å². The van der Waals surface area contributed by atoms with E-state index in [1.54, 1.807) is 12.1 Å². The molecule has 0 heterocycles. The fraction of sp³-hybridized carbons (Fsp3) is 0.647. The van der Waals surface area contributed by atoms with E-state index in [9.17, 15) is 12.8 Å². The number of halogens is 1. The summed E-state index contributed by atoms with van der Waals surface area (Å²) in [5, 5.41) is 0. The fourth-order valence-corrected chi connectivity index (χ4v) is 3.10. The van der Waals surface area contributed by atoms with E-state index >= 15 is 0 Å². The lowest BCUT2D eigenvalue weighted by molar-refractivity contribution is 0.188. The zero-order valence-electron chi connectivity index (χ0n) is 13.6. The van der Waals surface area contributed by atoms with E-state index < -0.39 is 22.9 Å². The van der Waals surface area contributed by atoms with Crippen molar-refractivity contribution >= 4 is 10.1 Å². The normalized spacial score (nSPS) is 13.2. The Morgan fingerprint density at radius 1 is 1.05 bits per heavy atom. The van der Waals surface area contributed by atoms with Crippen LogP contribution < -0.4 is 0 Å². The summed E-state index contributed by atoms with van der Waals surface area (Å²) < 4.78 is 42.3. The molecule has 1 atom stereocenters. The van der Waals surface area contributed by atoms with Gasteiger partial charge in [-0.2, -0.15) is 8.42 Å². The lowest BCUT2D eigenvalue weighted by Gasteiger charge is -2.10. The zero-order chi connectivity index (χ0) is 16.4. The smallest absolute Gasteiger partial charge is 0.263 e. The third kappa shape index (κ3) is 7.36. The second kappa shape index (κ2) is 9.95. The number of alkyl halides is 1. The fourth-order valence-electron chi connectivity index (χ4n) is 2.17. The minimum atomic E-state index is -3.85. The molecule has 22 heavy (non-hydrogen) atoms. The van der Waals surface area contributed by atoms with Crippen LogP contribution in [0.2, 0.25) is 0 Å². The molecule has 0 N–H and O–H groups in total. The Morgan fingerprint density at radius 2 is 1.64 bits per heavy atom. The van der Waals surface area contributed by atoms with Crippen LogP contribution in [0.15, 0.2) is 29.2 Å². The first kappa shape index (κ1) is 19.1. The number of aryl methyl sites for hydroxylation is 1. The Bertz CT molecular complexity index is 511. The van der Waals surface area contributed by atoms with Crippen LogP contribution in [0.25, 0.3) is 0 Å². The van der Waals surface area contributed by atoms with Crippen LogP contribution in [-0.4, -0.2) is 21.2 Å². The van der Waals surface area contributed by atoms with Gasteiger partial charge in [0, 0.05) is 0 Å². The van der Waals surface area contributed by atoms with Crippen molar-refractivity contribution in [2.75, 3.05) is 6.61 Å². The molecule has 126 valence electrons.